The van der Waals surface area contributed by atoms with Crippen LogP contribution in [-0.4, -0.2) is 5.11 Å². The molecule has 0 aromatic rings. The van der Waals surface area contributed by atoms with Gasteiger partial charge in [-0.3, -0.25) is 0 Å². The minimum absolute atomic E-state index is 1.03. The van der Waals surface area contributed by atoms with Gasteiger partial charge in [0.25, 0.3) is 0 Å². The Morgan fingerprint density at radius 1 is 0.571 bits per heavy atom. The van der Waals surface area contributed by atoms with Crippen LogP contribution in [0.25, 0.3) is 0 Å². The van der Waals surface area contributed by atoms with Crippen molar-refractivity contribution in [2.45, 2.75) is 77.6 Å². The molecule has 0 aliphatic carbocycles. The van der Waals surface area contributed by atoms with Crippen molar-refractivity contribution in [3.8, 4) is 0 Å². The Morgan fingerprint density at radius 2 is 1.05 bits per heavy atom. The van der Waals surface area contributed by atoms with Gasteiger partial charge in [-0.2, -0.15) is 0 Å². The fourth-order valence-corrected chi connectivity index (χ4v) is 2.23. The number of aliphatic hydroxyl groups excluding tert-OH is 1. The van der Waals surface area contributed by atoms with Crippen LogP contribution in [0.1, 0.15) is 77.6 Å². The van der Waals surface area contributed by atoms with Gasteiger partial charge in [0.15, 0.2) is 0 Å². The molecule has 0 aliphatic heterocycles. The van der Waals surface area contributed by atoms with Crippen molar-refractivity contribution in [2.24, 2.45) is 0 Å². The summed E-state index contributed by atoms with van der Waals surface area (Å²) < 4.78 is 0. The van der Waals surface area contributed by atoms with Gasteiger partial charge < -0.3 is 5.11 Å². The van der Waals surface area contributed by atoms with Crippen molar-refractivity contribution in [3.05, 3.63) is 48.8 Å². The van der Waals surface area contributed by atoms with Crippen LogP contribution in [0.4, 0.5) is 0 Å². The lowest BCUT2D eigenvalue weighted by molar-refractivity contribution is 0.474. The highest BCUT2D eigenvalue weighted by Gasteiger charge is 1.91. The first-order valence-corrected chi connectivity index (χ1v) is 8.71. The molecule has 120 valence electrons. The molecule has 0 aromatic carbocycles. The summed E-state index contributed by atoms with van der Waals surface area (Å²) in [4.78, 5) is 0. The Kier molecular flexibility index (Phi) is 17.7. The molecule has 0 amide bonds. The van der Waals surface area contributed by atoms with Gasteiger partial charge in [0.05, 0.1) is 6.26 Å². The van der Waals surface area contributed by atoms with Gasteiger partial charge in [0.1, 0.15) is 0 Å². The molecule has 0 rings (SSSR count). The second-order valence-electron chi connectivity index (χ2n) is 5.51. The molecule has 0 saturated heterocycles. The molecule has 21 heavy (non-hydrogen) atoms. The predicted molar refractivity (Wildman–Crippen MR) is 95.6 cm³/mol. The lowest BCUT2D eigenvalue weighted by Gasteiger charge is -2.01. The molecule has 0 fully saturated rings. The van der Waals surface area contributed by atoms with Crippen LogP contribution in [0.2, 0.25) is 0 Å². The normalized spacial score (nSPS) is 12.6. The summed E-state index contributed by atoms with van der Waals surface area (Å²) in [5.74, 6) is 0. The third-order valence-corrected chi connectivity index (χ3v) is 3.50. The topological polar surface area (TPSA) is 20.2 Å². The number of hydrogen-bond donors (Lipinski definition) is 1. The molecule has 1 heteroatoms. The predicted octanol–water partition coefficient (Wildman–Crippen LogP) is 7.04. The van der Waals surface area contributed by atoms with Gasteiger partial charge in [-0.05, 0) is 18.9 Å². The highest BCUT2D eigenvalue weighted by Crippen LogP contribution is 2.11. The van der Waals surface area contributed by atoms with E-state index in [1.54, 1.807) is 12.2 Å². The van der Waals surface area contributed by atoms with Gasteiger partial charge in [0, 0.05) is 0 Å². The zero-order valence-electron chi connectivity index (χ0n) is 13.8. The minimum atomic E-state index is 1.03. The van der Waals surface area contributed by atoms with E-state index < -0.39 is 0 Å². The quantitative estimate of drug-likeness (QED) is 0.207. The molecule has 0 spiro atoms. The van der Waals surface area contributed by atoms with Gasteiger partial charge in [0.2, 0.25) is 0 Å². The highest BCUT2D eigenvalue weighted by molar-refractivity contribution is 5.14. The standard InChI is InChI=1S/C20H34O/c1-2-3-4-5-6-7-8-9-10-11-12-13-14-15-16-17-18-19-20-21/h13-21H,2-12H2,1H3. The molecule has 0 aliphatic rings. The third kappa shape index (κ3) is 18.8. The summed E-state index contributed by atoms with van der Waals surface area (Å²) in [6, 6.07) is 0. The van der Waals surface area contributed by atoms with Crippen molar-refractivity contribution >= 4 is 0 Å². The second-order valence-corrected chi connectivity index (χ2v) is 5.51. The van der Waals surface area contributed by atoms with Crippen LogP contribution in [0.5, 0.6) is 0 Å². The Hall–Kier alpha value is -1.24. The fraction of sp³-hybridized carbons (Fsp3) is 0.600. The Balaban J connectivity index is 3.21. The first kappa shape index (κ1) is 19.8. The number of hydrogen-bond acceptors (Lipinski definition) is 1. The molecule has 0 unspecified atom stereocenters. The molecule has 0 radical (unpaired) electrons. The average molecular weight is 290 g/mol. The van der Waals surface area contributed by atoms with Gasteiger partial charge >= 0.3 is 0 Å². The lowest BCUT2D eigenvalue weighted by Crippen LogP contribution is -1.81. The Bertz CT molecular complexity index is 297. The van der Waals surface area contributed by atoms with E-state index in [0.717, 1.165) is 6.26 Å². The Labute approximate surface area is 132 Å². The smallest absolute Gasteiger partial charge is 0.0791 e. The van der Waals surface area contributed by atoms with Crippen molar-refractivity contribution in [1.82, 2.24) is 0 Å². The maximum absolute atomic E-state index is 8.42. The van der Waals surface area contributed by atoms with Crippen LogP contribution in [0, 0.1) is 0 Å². The highest BCUT2D eigenvalue weighted by atomic mass is 16.2. The zero-order valence-corrected chi connectivity index (χ0v) is 13.8. The number of rotatable bonds is 14. The van der Waals surface area contributed by atoms with Gasteiger partial charge in [-0.15, -0.1) is 0 Å². The first-order chi connectivity index (χ1) is 10.4. The zero-order chi connectivity index (χ0) is 15.4. The molecular formula is C20H34O. The summed E-state index contributed by atoms with van der Waals surface area (Å²) in [5, 5.41) is 8.42. The molecule has 0 bridgehead atoms. The summed E-state index contributed by atoms with van der Waals surface area (Å²) in [6.07, 6.45) is 29.8. The van der Waals surface area contributed by atoms with Crippen LogP contribution < -0.4 is 0 Å². The molecule has 1 nitrogen and oxygen atoms in total. The van der Waals surface area contributed by atoms with E-state index in [1.807, 2.05) is 18.2 Å². The summed E-state index contributed by atoms with van der Waals surface area (Å²) >= 11 is 0. The Morgan fingerprint density at radius 3 is 1.62 bits per heavy atom. The van der Waals surface area contributed by atoms with Crippen LogP contribution in [0.15, 0.2) is 48.8 Å². The summed E-state index contributed by atoms with van der Waals surface area (Å²) in [6.45, 7) is 2.27. The minimum Gasteiger partial charge on any atom is -0.516 e. The molecule has 0 heterocycles. The number of aliphatic hydroxyl groups is 1. The summed E-state index contributed by atoms with van der Waals surface area (Å²) in [5.41, 5.74) is 0. The van der Waals surface area contributed by atoms with E-state index in [0.29, 0.717) is 0 Å². The molecule has 0 aromatic heterocycles. The van der Waals surface area contributed by atoms with Gasteiger partial charge in [-0.1, -0.05) is 101 Å². The summed E-state index contributed by atoms with van der Waals surface area (Å²) in [7, 11) is 0. The van der Waals surface area contributed by atoms with E-state index in [1.165, 1.54) is 70.6 Å². The SMILES string of the molecule is CCCCCCCCCCCCC=CC=CC=CC=CO. The van der Waals surface area contributed by atoms with Crippen molar-refractivity contribution < 1.29 is 5.11 Å². The van der Waals surface area contributed by atoms with E-state index in [2.05, 4.69) is 19.1 Å². The van der Waals surface area contributed by atoms with Crippen molar-refractivity contribution in [2.75, 3.05) is 0 Å². The average Bonchev–Trinajstić information content (AvgIpc) is 2.50. The van der Waals surface area contributed by atoms with Crippen LogP contribution in [-0.2, 0) is 0 Å². The maximum Gasteiger partial charge on any atom is 0.0791 e. The largest absolute Gasteiger partial charge is 0.516 e. The van der Waals surface area contributed by atoms with Crippen LogP contribution in [0.3, 0.4) is 0 Å². The monoisotopic (exact) mass is 290 g/mol. The van der Waals surface area contributed by atoms with Gasteiger partial charge in [-0.25, -0.2) is 0 Å². The second kappa shape index (κ2) is 18.8. The fourth-order valence-electron chi connectivity index (χ4n) is 2.23. The van der Waals surface area contributed by atoms with Crippen LogP contribution >= 0.6 is 0 Å². The maximum atomic E-state index is 8.42. The molecule has 0 saturated carbocycles. The molecule has 1 N–H and O–H groups in total. The number of unbranched alkanes of at least 4 members (excludes halogenated alkanes) is 10. The van der Waals surface area contributed by atoms with Crippen molar-refractivity contribution in [3.63, 3.8) is 0 Å². The first-order valence-electron chi connectivity index (χ1n) is 8.71. The van der Waals surface area contributed by atoms with E-state index in [-0.39, 0.29) is 0 Å². The van der Waals surface area contributed by atoms with Crippen molar-refractivity contribution in [1.29, 1.82) is 0 Å². The van der Waals surface area contributed by atoms with E-state index in [4.69, 9.17) is 5.11 Å². The molecule has 0 atom stereocenters. The third-order valence-electron chi connectivity index (χ3n) is 3.50. The lowest BCUT2D eigenvalue weighted by atomic mass is 10.1. The number of allylic oxidation sites excluding steroid dienone is 7. The van der Waals surface area contributed by atoms with E-state index >= 15 is 0 Å². The van der Waals surface area contributed by atoms with E-state index in [9.17, 15) is 0 Å². The molecular weight excluding hydrogens is 256 g/mol.